The summed E-state index contributed by atoms with van der Waals surface area (Å²) in [6.07, 6.45) is 0. The fraction of sp³-hybridized carbons (Fsp3) is 0.571. The van der Waals surface area contributed by atoms with Gasteiger partial charge in [-0.25, -0.2) is 0 Å². The van der Waals surface area contributed by atoms with Gasteiger partial charge < -0.3 is 25.0 Å². The molecule has 2 aliphatic heterocycles. The van der Waals surface area contributed by atoms with E-state index >= 15 is 0 Å². The number of piperazine rings is 1. The SMILES string of the molecule is CN1CCN(CCOCCOCCNC(=O)CNc2cccc3c2C(=O)NC3=O)CC1. The number of amides is 3. The third-order valence-electron chi connectivity index (χ3n) is 5.29. The fourth-order valence-corrected chi connectivity index (χ4v) is 3.45. The van der Waals surface area contributed by atoms with Crippen molar-refractivity contribution in [3.8, 4) is 0 Å². The maximum atomic E-state index is 12.0. The first-order valence-corrected chi connectivity index (χ1v) is 10.6. The zero-order valence-corrected chi connectivity index (χ0v) is 17.9. The number of carbonyl (C=O) groups is 3. The van der Waals surface area contributed by atoms with Crippen LogP contribution in [0, 0.1) is 0 Å². The second-order valence-electron chi connectivity index (χ2n) is 7.58. The van der Waals surface area contributed by atoms with E-state index in [0.29, 0.717) is 44.2 Å². The van der Waals surface area contributed by atoms with E-state index in [1.54, 1.807) is 18.2 Å². The number of ether oxygens (including phenoxy) is 2. The number of imide groups is 1. The highest BCUT2D eigenvalue weighted by Crippen LogP contribution is 2.23. The first-order chi connectivity index (χ1) is 15.0. The van der Waals surface area contributed by atoms with Crippen molar-refractivity contribution in [1.82, 2.24) is 20.4 Å². The highest BCUT2D eigenvalue weighted by Gasteiger charge is 2.29. The minimum absolute atomic E-state index is 0.00662. The molecule has 0 aliphatic carbocycles. The van der Waals surface area contributed by atoms with Crippen molar-refractivity contribution in [3.05, 3.63) is 29.3 Å². The fourth-order valence-electron chi connectivity index (χ4n) is 3.45. The molecule has 3 rings (SSSR count). The second kappa shape index (κ2) is 11.8. The second-order valence-corrected chi connectivity index (χ2v) is 7.58. The predicted octanol–water partition coefficient (Wildman–Crippen LogP) is -0.621. The van der Waals surface area contributed by atoms with Gasteiger partial charge >= 0.3 is 0 Å². The zero-order valence-electron chi connectivity index (χ0n) is 17.9. The van der Waals surface area contributed by atoms with Crippen molar-refractivity contribution < 1.29 is 23.9 Å². The molecule has 0 saturated carbocycles. The molecule has 1 fully saturated rings. The summed E-state index contributed by atoms with van der Waals surface area (Å²) in [5, 5.41) is 7.90. The van der Waals surface area contributed by atoms with Gasteiger partial charge in [-0.2, -0.15) is 0 Å². The van der Waals surface area contributed by atoms with Crippen LogP contribution >= 0.6 is 0 Å². The monoisotopic (exact) mass is 433 g/mol. The van der Waals surface area contributed by atoms with Crippen LogP contribution in [0.15, 0.2) is 18.2 Å². The maximum absolute atomic E-state index is 12.0. The molecule has 10 heteroatoms. The van der Waals surface area contributed by atoms with E-state index in [4.69, 9.17) is 9.47 Å². The number of nitrogens with zero attached hydrogens (tertiary/aromatic N) is 2. The predicted molar refractivity (Wildman–Crippen MR) is 115 cm³/mol. The van der Waals surface area contributed by atoms with Crippen LogP contribution in [-0.2, 0) is 14.3 Å². The highest BCUT2D eigenvalue weighted by atomic mass is 16.5. The van der Waals surface area contributed by atoms with Crippen molar-refractivity contribution in [2.24, 2.45) is 0 Å². The third kappa shape index (κ3) is 7.00. The van der Waals surface area contributed by atoms with Gasteiger partial charge in [0.2, 0.25) is 5.91 Å². The van der Waals surface area contributed by atoms with E-state index in [0.717, 1.165) is 32.7 Å². The molecule has 3 N–H and O–H groups in total. The Bertz CT molecular complexity index is 779. The Labute approximate surface area is 182 Å². The van der Waals surface area contributed by atoms with Gasteiger partial charge in [-0.05, 0) is 19.2 Å². The van der Waals surface area contributed by atoms with Gasteiger partial charge in [0.15, 0.2) is 0 Å². The number of likely N-dealkylation sites (N-methyl/N-ethyl adjacent to an activating group) is 1. The number of hydrogen-bond acceptors (Lipinski definition) is 8. The zero-order chi connectivity index (χ0) is 22.1. The smallest absolute Gasteiger partial charge is 0.261 e. The Morgan fingerprint density at radius 3 is 2.55 bits per heavy atom. The molecule has 2 heterocycles. The number of anilines is 1. The lowest BCUT2D eigenvalue weighted by Gasteiger charge is -2.32. The normalized spacial score (nSPS) is 16.8. The number of rotatable bonds is 12. The highest BCUT2D eigenvalue weighted by molar-refractivity contribution is 6.23. The molecule has 3 amide bonds. The number of carbonyl (C=O) groups excluding carboxylic acids is 3. The molecule has 31 heavy (non-hydrogen) atoms. The standard InChI is InChI=1S/C21H31N5O5/c1-25-6-8-26(9-7-25)10-12-31-14-13-30-11-5-22-18(27)15-23-17-4-2-3-16-19(17)21(29)24-20(16)28/h2-4,23H,5-15H2,1H3,(H,22,27)(H,24,28,29). The van der Waals surface area contributed by atoms with Gasteiger partial charge in [0.05, 0.1) is 44.1 Å². The summed E-state index contributed by atoms with van der Waals surface area (Å²) >= 11 is 0. The Morgan fingerprint density at radius 1 is 1.03 bits per heavy atom. The molecular weight excluding hydrogens is 402 g/mol. The molecule has 0 spiro atoms. The molecule has 1 aromatic rings. The Morgan fingerprint density at radius 2 is 1.77 bits per heavy atom. The number of fused-ring (bicyclic) bond motifs is 1. The summed E-state index contributed by atoms with van der Waals surface area (Å²) in [5.74, 6) is -1.11. The van der Waals surface area contributed by atoms with E-state index in [-0.39, 0.29) is 18.0 Å². The van der Waals surface area contributed by atoms with Gasteiger partial charge in [-0.3, -0.25) is 24.6 Å². The first kappa shape index (κ1) is 23.1. The van der Waals surface area contributed by atoms with Gasteiger partial charge in [0.1, 0.15) is 0 Å². The quantitative estimate of drug-likeness (QED) is 0.295. The van der Waals surface area contributed by atoms with Crippen LogP contribution in [0.25, 0.3) is 0 Å². The average molecular weight is 434 g/mol. The van der Waals surface area contributed by atoms with Gasteiger partial charge in [0.25, 0.3) is 11.8 Å². The number of nitrogens with one attached hydrogen (secondary N) is 3. The number of benzene rings is 1. The van der Waals surface area contributed by atoms with Crippen LogP contribution in [0.2, 0.25) is 0 Å². The molecule has 0 aromatic heterocycles. The largest absolute Gasteiger partial charge is 0.378 e. The van der Waals surface area contributed by atoms with Crippen LogP contribution in [0.1, 0.15) is 20.7 Å². The lowest BCUT2D eigenvalue weighted by molar-refractivity contribution is -0.119. The Hall–Kier alpha value is -2.53. The molecule has 0 bridgehead atoms. The van der Waals surface area contributed by atoms with Crippen molar-refractivity contribution in [1.29, 1.82) is 0 Å². The van der Waals surface area contributed by atoms with Crippen molar-refractivity contribution >= 4 is 23.4 Å². The van der Waals surface area contributed by atoms with E-state index in [1.165, 1.54) is 0 Å². The lowest BCUT2D eigenvalue weighted by atomic mass is 10.1. The van der Waals surface area contributed by atoms with Crippen LogP contribution in [0.4, 0.5) is 5.69 Å². The lowest BCUT2D eigenvalue weighted by Crippen LogP contribution is -2.45. The van der Waals surface area contributed by atoms with E-state index in [2.05, 4.69) is 32.8 Å². The molecule has 2 aliphatic rings. The number of hydrogen-bond donors (Lipinski definition) is 3. The maximum Gasteiger partial charge on any atom is 0.261 e. The molecule has 0 unspecified atom stereocenters. The molecule has 0 atom stereocenters. The van der Waals surface area contributed by atoms with Crippen LogP contribution in [0.5, 0.6) is 0 Å². The first-order valence-electron chi connectivity index (χ1n) is 10.6. The molecule has 170 valence electrons. The van der Waals surface area contributed by atoms with Crippen LogP contribution < -0.4 is 16.0 Å². The van der Waals surface area contributed by atoms with Gasteiger partial charge in [-0.1, -0.05) is 6.07 Å². The minimum Gasteiger partial charge on any atom is -0.378 e. The summed E-state index contributed by atoms with van der Waals surface area (Å²) in [6.45, 7) is 7.80. The third-order valence-corrected chi connectivity index (χ3v) is 5.29. The molecule has 1 saturated heterocycles. The summed E-state index contributed by atoms with van der Waals surface area (Å²) < 4.78 is 11.1. The van der Waals surface area contributed by atoms with Gasteiger partial charge in [0, 0.05) is 45.0 Å². The topological polar surface area (TPSA) is 112 Å². The summed E-state index contributed by atoms with van der Waals surface area (Å²) in [7, 11) is 2.14. The molecule has 10 nitrogen and oxygen atoms in total. The van der Waals surface area contributed by atoms with Crippen LogP contribution in [-0.4, -0.2) is 107 Å². The molecular formula is C21H31N5O5. The van der Waals surface area contributed by atoms with Gasteiger partial charge in [-0.15, -0.1) is 0 Å². The minimum atomic E-state index is -0.456. The van der Waals surface area contributed by atoms with Crippen LogP contribution in [0.3, 0.4) is 0 Å². The summed E-state index contributed by atoms with van der Waals surface area (Å²) in [4.78, 5) is 40.2. The molecule has 1 aromatic carbocycles. The van der Waals surface area contributed by atoms with Crippen molar-refractivity contribution in [3.63, 3.8) is 0 Å². The Balaban J connectivity index is 1.20. The summed E-state index contributed by atoms with van der Waals surface area (Å²) in [6, 6.07) is 4.91. The Kier molecular flexibility index (Phi) is 8.77. The van der Waals surface area contributed by atoms with E-state index < -0.39 is 11.8 Å². The molecule has 0 radical (unpaired) electrons. The van der Waals surface area contributed by atoms with Crippen molar-refractivity contribution in [2.75, 3.05) is 84.6 Å². The average Bonchev–Trinajstić information content (AvgIpc) is 3.06. The van der Waals surface area contributed by atoms with Crippen molar-refractivity contribution in [2.45, 2.75) is 0 Å². The van der Waals surface area contributed by atoms with E-state index in [1.807, 2.05) is 0 Å². The summed E-state index contributed by atoms with van der Waals surface area (Å²) in [5.41, 5.74) is 1.05. The van der Waals surface area contributed by atoms with E-state index in [9.17, 15) is 14.4 Å².